The van der Waals surface area contributed by atoms with E-state index < -0.39 is 5.92 Å². The molecule has 5 heteroatoms. The molecule has 0 radical (unpaired) electrons. The van der Waals surface area contributed by atoms with E-state index >= 15 is 0 Å². The predicted molar refractivity (Wildman–Crippen MR) is 106 cm³/mol. The number of furan rings is 1. The summed E-state index contributed by atoms with van der Waals surface area (Å²) in [5.41, 5.74) is 3.36. The number of H-pyrrole nitrogens is 1. The molecule has 4 rings (SSSR count). The second kappa shape index (κ2) is 7.72. The zero-order valence-corrected chi connectivity index (χ0v) is 15.5. The fourth-order valence-electron chi connectivity index (χ4n) is 3.56. The van der Waals surface area contributed by atoms with Gasteiger partial charge in [0.05, 0.1) is 12.8 Å². The van der Waals surface area contributed by atoms with Crippen LogP contribution in [0.15, 0.2) is 71.5 Å². The molecule has 1 atom stereocenters. The molecule has 142 valence electrons. The number of aryl methyl sites for hydroxylation is 1. The lowest BCUT2D eigenvalue weighted by molar-refractivity contribution is -0.121. The van der Waals surface area contributed by atoms with E-state index in [1.807, 2.05) is 43.5 Å². The number of benzene rings is 2. The van der Waals surface area contributed by atoms with Crippen LogP contribution in [0.5, 0.6) is 0 Å². The van der Waals surface area contributed by atoms with Gasteiger partial charge in [-0.05, 0) is 42.3 Å². The van der Waals surface area contributed by atoms with Gasteiger partial charge < -0.3 is 14.7 Å². The highest BCUT2D eigenvalue weighted by molar-refractivity contribution is 5.86. The Bertz CT molecular complexity index is 1100. The molecular formula is C23H21FN2O2. The van der Waals surface area contributed by atoms with E-state index in [2.05, 4.69) is 10.3 Å². The van der Waals surface area contributed by atoms with Gasteiger partial charge in [-0.2, -0.15) is 0 Å². The zero-order chi connectivity index (χ0) is 19.5. The van der Waals surface area contributed by atoms with E-state index in [9.17, 15) is 9.18 Å². The molecule has 2 heterocycles. The molecular weight excluding hydrogens is 355 g/mol. The quantitative estimate of drug-likeness (QED) is 0.495. The van der Waals surface area contributed by atoms with E-state index in [4.69, 9.17) is 4.42 Å². The first-order valence-electron chi connectivity index (χ1n) is 9.23. The third-order valence-corrected chi connectivity index (χ3v) is 4.95. The van der Waals surface area contributed by atoms with Crippen molar-refractivity contribution < 1.29 is 13.6 Å². The summed E-state index contributed by atoms with van der Waals surface area (Å²) in [5, 5.41) is 3.86. The third-order valence-electron chi connectivity index (χ3n) is 4.95. The lowest BCUT2D eigenvalue weighted by Crippen LogP contribution is -2.25. The highest BCUT2D eigenvalue weighted by Crippen LogP contribution is 2.35. The first-order chi connectivity index (χ1) is 13.6. The minimum absolute atomic E-state index is 0.142. The van der Waals surface area contributed by atoms with Crippen LogP contribution in [0, 0.1) is 12.7 Å². The van der Waals surface area contributed by atoms with Crippen molar-refractivity contribution in [3.63, 3.8) is 0 Å². The Hall–Kier alpha value is -3.34. The average Bonchev–Trinajstić information content (AvgIpc) is 3.36. The molecule has 0 aliphatic heterocycles. The lowest BCUT2D eigenvalue weighted by atomic mass is 9.87. The van der Waals surface area contributed by atoms with Gasteiger partial charge in [0.1, 0.15) is 11.6 Å². The van der Waals surface area contributed by atoms with Gasteiger partial charge in [0.2, 0.25) is 5.91 Å². The Balaban J connectivity index is 1.67. The maximum Gasteiger partial charge on any atom is 0.221 e. The summed E-state index contributed by atoms with van der Waals surface area (Å²) in [5.74, 6) is -0.182. The zero-order valence-electron chi connectivity index (χ0n) is 15.5. The molecule has 0 unspecified atom stereocenters. The number of aromatic nitrogens is 1. The van der Waals surface area contributed by atoms with Crippen molar-refractivity contribution in [2.45, 2.75) is 25.8 Å². The molecule has 2 aromatic carbocycles. The third kappa shape index (κ3) is 3.69. The van der Waals surface area contributed by atoms with E-state index in [1.165, 1.54) is 6.07 Å². The highest BCUT2D eigenvalue weighted by atomic mass is 19.1. The summed E-state index contributed by atoms with van der Waals surface area (Å²) in [6.07, 6.45) is 3.58. The molecule has 0 fully saturated rings. The van der Waals surface area contributed by atoms with Crippen LogP contribution in [0.2, 0.25) is 0 Å². The van der Waals surface area contributed by atoms with Gasteiger partial charge in [0.25, 0.3) is 0 Å². The van der Waals surface area contributed by atoms with Crippen molar-refractivity contribution in [2.75, 3.05) is 0 Å². The van der Waals surface area contributed by atoms with E-state index in [-0.39, 0.29) is 18.1 Å². The maximum absolute atomic E-state index is 14.7. The SMILES string of the molecule is Cc1ccc(F)c([C@H](CC(=O)NCc2ccco2)c2c[nH]c3ccccc23)c1. The Morgan fingerprint density at radius 2 is 2.00 bits per heavy atom. The van der Waals surface area contributed by atoms with Gasteiger partial charge in [0, 0.05) is 29.4 Å². The summed E-state index contributed by atoms with van der Waals surface area (Å²) >= 11 is 0. The molecule has 28 heavy (non-hydrogen) atoms. The molecule has 0 aliphatic carbocycles. The normalized spacial score (nSPS) is 12.2. The number of aromatic amines is 1. The Labute approximate surface area is 162 Å². The number of carbonyl (C=O) groups excluding carboxylic acids is 1. The fraction of sp³-hybridized carbons (Fsp3) is 0.174. The highest BCUT2D eigenvalue weighted by Gasteiger charge is 2.24. The second-order valence-electron chi connectivity index (χ2n) is 6.93. The largest absolute Gasteiger partial charge is 0.467 e. The summed E-state index contributed by atoms with van der Waals surface area (Å²) in [4.78, 5) is 15.9. The number of hydrogen-bond donors (Lipinski definition) is 2. The number of nitrogens with one attached hydrogen (secondary N) is 2. The Morgan fingerprint density at radius 3 is 2.82 bits per heavy atom. The van der Waals surface area contributed by atoms with Crippen molar-refractivity contribution in [1.82, 2.24) is 10.3 Å². The summed E-state index contributed by atoms with van der Waals surface area (Å²) < 4.78 is 20.0. The van der Waals surface area contributed by atoms with Gasteiger partial charge in [-0.25, -0.2) is 4.39 Å². The van der Waals surface area contributed by atoms with Crippen LogP contribution in [0.4, 0.5) is 4.39 Å². The van der Waals surface area contributed by atoms with Gasteiger partial charge in [-0.1, -0.05) is 35.9 Å². The smallest absolute Gasteiger partial charge is 0.221 e. The molecule has 0 saturated heterocycles. The number of fused-ring (bicyclic) bond motifs is 1. The number of halogens is 1. The molecule has 2 aromatic heterocycles. The van der Waals surface area contributed by atoms with Crippen molar-refractivity contribution >= 4 is 16.8 Å². The lowest BCUT2D eigenvalue weighted by Gasteiger charge is -2.18. The van der Waals surface area contributed by atoms with Crippen LogP contribution in [0.3, 0.4) is 0 Å². The molecule has 0 saturated carbocycles. The van der Waals surface area contributed by atoms with Crippen LogP contribution in [-0.2, 0) is 11.3 Å². The van der Waals surface area contributed by atoms with E-state index in [0.29, 0.717) is 17.9 Å². The molecule has 0 aliphatic rings. The van der Waals surface area contributed by atoms with Gasteiger partial charge in [0.15, 0.2) is 0 Å². The first-order valence-corrected chi connectivity index (χ1v) is 9.23. The van der Waals surface area contributed by atoms with Crippen LogP contribution in [0.25, 0.3) is 10.9 Å². The van der Waals surface area contributed by atoms with Crippen molar-refractivity contribution in [3.8, 4) is 0 Å². The fourth-order valence-corrected chi connectivity index (χ4v) is 3.56. The maximum atomic E-state index is 14.7. The molecule has 2 N–H and O–H groups in total. The topological polar surface area (TPSA) is 58.0 Å². The van der Waals surface area contributed by atoms with Crippen molar-refractivity contribution in [1.29, 1.82) is 0 Å². The average molecular weight is 376 g/mol. The van der Waals surface area contributed by atoms with E-state index in [1.54, 1.807) is 24.5 Å². The van der Waals surface area contributed by atoms with Gasteiger partial charge in [-0.15, -0.1) is 0 Å². The Kier molecular flexibility index (Phi) is 4.98. The molecule has 4 aromatic rings. The van der Waals surface area contributed by atoms with Crippen LogP contribution in [0.1, 0.15) is 34.8 Å². The first kappa shape index (κ1) is 18.0. The van der Waals surface area contributed by atoms with Crippen LogP contribution < -0.4 is 5.32 Å². The summed E-state index contributed by atoms with van der Waals surface area (Å²) in [6.45, 7) is 2.23. The number of carbonyl (C=O) groups is 1. The monoisotopic (exact) mass is 376 g/mol. The summed E-state index contributed by atoms with van der Waals surface area (Å²) in [7, 11) is 0. The van der Waals surface area contributed by atoms with Crippen LogP contribution in [-0.4, -0.2) is 10.9 Å². The van der Waals surface area contributed by atoms with Gasteiger partial charge >= 0.3 is 0 Å². The predicted octanol–water partition coefficient (Wildman–Crippen LogP) is 5.05. The minimum Gasteiger partial charge on any atom is -0.467 e. The molecule has 1 amide bonds. The number of para-hydroxylation sites is 1. The van der Waals surface area contributed by atoms with Crippen molar-refractivity contribution in [2.24, 2.45) is 0 Å². The standard InChI is InChI=1S/C23H21FN2O2/c1-15-8-9-21(24)19(11-15)18(12-23(27)26-13-16-5-4-10-28-16)20-14-25-22-7-3-2-6-17(20)22/h2-11,14,18,25H,12-13H2,1H3,(H,26,27)/t18-/m0/s1. The van der Waals surface area contributed by atoms with Crippen LogP contribution >= 0.6 is 0 Å². The molecule has 0 bridgehead atoms. The molecule has 4 nitrogen and oxygen atoms in total. The van der Waals surface area contributed by atoms with E-state index in [0.717, 1.165) is 22.0 Å². The minimum atomic E-state index is -0.396. The van der Waals surface area contributed by atoms with Gasteiger partial charge in [-0.3, -0.25) is 4.79 Å². The second-order valence-corrected chi connectivity index (χ2v) is 6.93. The summed E-state index contributed by atoms with van der Waals surface area (Å²) in [6, 6.07) is 16.5. The number of hydrogen-bond acceptors (Lipinski definition) is 2. The Morgan fingerprint density at radius 1 is 1.14 bits per heavy atom. The van der Waals surface area contributed by atoms with Crippen molar-refractivity contribution in [3.05, 3.63) is 95.3 Å². The number of amides is 1. The molecule has 0 spiro atoms. The number of rotatable bonds is 6.